The summed E-state index contributed by atoms with van der Waals surface area (Å²) in [4.78, 5) is 27.5. The number of carbonyl (C=O) groups is 2. The van der Waals surface area contributed by atoms with Gasteiger partial charge < -0.3 is 20.6 Å². The Morgan fingerprint density at radius 2 is 1.97 bits per heavy atom. The Kier molecular flexibility index (Phi) is 6.96. The van der Waals surface area contributed by atoms with Crippen molar-refractivity contribution in [2.24, 2.45) is 0 Å². The minimum absolute atomic E-state index is 0.167. The number of aliphatic carboxylic acids is 1. The normalized spacial score (nSPS) is 14.4. The quantitative estimate of drug-likeness (QED) is 0.618. The van der Waals surface area contributed by atoms with Gasteiger partial charge in [0, 0.05) is 61.4 Å². The Bertz CT molecular complexity index is 936. The summed E-state index contributed by atoms with van der Waals surface area (Å²) in [5.74, 6) is -0.355. The summed E-state index contributed by atoms with van der Waals surface area (Å²) >= 11 is 6.05. The van der Waals surface area contributed by atoms with Crippen LogP contribution in [0, 0.1) is 0 Å². The third kappa shape index (κ3) is 5.74. The van der Waals surface area contributed by atoms with Gasteiger partial charge in [-0.3, -0.25) is 9.69 Å². The molecule has 3 rings (SSSR count). The summed E-state index contributed by atoms with van der Waals surface area (Å²) in [5.41, 5.74) is 2.42. The lowest BCUT2D eigenvalue weighted by atomic mass is 10.1. The number of carboxylic acids is 1. The third-order valence-corrected chi connectivity index (χ3v) is 4.90. The molecule has 0 saturated carbocycles. The van der Waals surface area contributed by atoms with Crippen molar-refractivity contribution in [3.8, 4) is 0 Å². The zero-order valence-electron chi connectivity index (χ0n) is 16.8. The molecule has 2 heterocycles. The van der Waals surface area contributed by atoms with Crippen LogP contribution in [0.25, 0.3) is 0 Å². The third-order valence-electron chi connectivity index (χ3n) is 4.67. The Morgan fingerprint density at radius 3 is 2.63 bits per heavy atom. The van der Waals surface area contributed by atoms with E-state index in [1.807, 2.05) is 13.0 Å². The predicted octanol–water partition coefficient (Wildman–Crippen LogP) is 2.76. The molecule has 3 N–H and O–H groups in total. The molecular weight excluding hydrogens is 408 g/mol. The number of nitrogens with one attached hydrogen (secondary N) is 2. The van der Waals surface area contributed by atoms with Gasteiger partial charge in [-0.15, -0.1) is 5.10 Å². The fourth-order valence-electron chi connectivity index (χ4n) is 3.22. The number of piperazine rings is 1. The second-order valence-corrected chi connectivity index (χ2v) is 7.58. The number of benzene rings is 1. The highest BCUT2D eigenvalue weighted by molar-refractivity contribution is 6.30. The molecule has 1 aromatic carbocycles. The summed E-state index contributed by atoms with van der Waals surface area (Å²) < 4.78 is 1.33. The molecule has 1 fully saturated rings. The minimum Gasteiger partial charge on any atom is -0.480 e. The van der Waals surface area contributed by atoms with Gasteiger partial charge in [-0.25, -0.2) is 4.79 Å². The molecule has 1 aromatic heterocycles. The van der Waals surface area contributed by atoms with Crippen LogP contribution in [0.15, 0.2) is 42.7 Å². The molecule has 1 aliphatic heterocycles. The Labute approximate surface area is 179 Å². The molecule has 0 radical (unpaired) electrons. The van der Waals surface area contributed by atoms with Crippen LogP contribution in [0.5, 0.6) is 0 Å². The second-order valence-electron chi connectivity index (χ2n) is 7.15. The summed E-state index contributed by atoms with van der Waals surface area (Å²) in [5, 5.41) is 19.6. The summed E-state index contributed by atoms with van der Waals surface area (Å²) in [6.07, 6.45) is 1.63. The van der Waals surface area contributed by atoms with Gasteiger partial charge in [-0.05, 0) is 24.6 Å². The van der Waals surface area contributed by atoms with Gasteiger partial charge in [-0.1, -0.05) is 24.2 Å². The predicted molar refractivity (Wildman–Crippen MR) is 116 cm³/mol. The van der Waals surface area contributed by atoms with E-state index in [-0.39, 0.29) is 12.6 Å². The molecule has 160 valence electrons. The Balaban J connectivity index is 1.57. The van der Waals surface area contributed by atoms with Crippen LogP contribution in [0.4, 0.5) is 16.3 Å². The monoisotopic (exact) mass is 432 g/mol. The first-order valence-electron chi connectivity index (χ1n) is 9.56. The van der Waals surface area contributed by atoms with Crippen LogP contribution < -0.4 is 10.6 Å². The highest BCUT2D eigenvalue weighted by Gasteiger charge is 2.23. The van der Waals surface area contributed by atoms with Crippen molar-refractivity contribution in [2.45, 2.75) is 13.5 Å². The van der Waals surface area contributed by atoms with Gasteiger partial charge in [0.25, 0.3) is 0 Å². The van der Waals surface area contributed by atoms with Gasteiger partial charge in [-0.2, -0.15) is 4.68 Å². The topological polar surface area (TPSA) is 103 Å². The van der Waals surface area contributed by atoms with Crippen LogP contribution >= 0.6 is 11.6 Å². The fourth-order valence-corrected chi connectivity index (χ4v) is 3.39. The highest BCUT2D eigenvalue weighted by Crippen LogP contribution is 2.23. The standard InChI is InChI=1S/C20H25ClN6O3/c1-14(2)23-18-5-6-27(24-18)20(30)26-9-7-25(8-10-26)13-15-3-4-16(21)11-17(15)22-12-19(28)29/h3-6,11,22H,1,7-10,12-13H2,2H3,(H,23,24)(H,28,29). The fraction of sp³-hybridized carbons (Fsp3) is 0.350. The summed E-state index contributed by atoms with van der Waals surface area (Å²) in [7, 11) is 0. The molecule has 9 nitrogen and oxygen atoms in total. The lowest BCUT2D eigenvalue weighted by Crippen LogP contribution is -2.49. The van der Waals surface area contributed by atoms with Crippen LogP contribution in [-0.2, 0) is 11.3 Å². The largest absolute Gasteiger partial charge is 0.480 e. The number of hydrogen-bond acceptors (Lipinski definition) is 6. The average Bonchev–Trinajstić information content (AvgIpc) is 3.16. The molecule has 0 atom stereocenters. The average molecular weight is 433 g/mol. The van der Waals surface area contributed by atoms with Crippen molar-refractivity contribution < 1.29 is 14.7 Å². The Morgan fingerprint density at radius 1 is 1.23 bits per heavy atom. The molecular formula is C20H25ClN6O3. The molecule has 0 spiro atoms. The van der Waals surface area contributed by atoms with Gasteiger partial charge in [0.15, 0.2) is 5.82 Å². The van der Waals surface area contributed by atoms with Gasteiger partial charge in [0.05, 0.1) is 0 Å². The molecule has 1 aliphatic rings. The number of anilines is 2. The first-order valence-corrected chi connectivity index (χ1v) is 9.93. The van der Waals surface area contributed by atoms with E-state index in [0.717, 1.165) is 11.3 Å². The zero-order valence-corrected chi connectivity index (χ0v) is 17.5. The SMILES string of the molecule is C=C(C)Nc1ccn(C(=O)N2CCN(Cc3ccc(Cl)cc3NCC(=O)O)CC2)n1. The number of allylic oxidation sites excluding steroid dienone is 1. The smallest absolute Gasteiger partial charge is 0.344 e. The van der Waals surface area contributed by atoms with E-state index < -0.39 is 5.97 Å². The second kappa shape index (κ2) is 9.64. The van der Waals surface area contributed by atoms with Crippen LogP contribution in [0.1, 0.15) is 12.5 Å². The van der Waals surface area contributed by atoms with Crippen molar-refractivity contribution >= 4 is 35.1 Å². The van der Waals surface area contributed by atoms with E-state index in [9.17, 15) is 9.59 Å². The van der Waals surface area contributed by atoms with Crippen LogP contribution in [0.2, 0.25) is 5.02 Å². The molecule has 0 unspecified atom stereocenters. The summed E-state index contributed by atoms with van der Waals surface area (Å²) in [6, 6.07) is 6.98. The maximum atomic E-state index is 12.7. The van der Waals surface area contributed by atoms with E-state index in [0.29, 0.717) is 49.3 Å². The minimum atomic E-state index is -0.937. The first-order chi connectivity index (χ1) is 14.3. The molecule has 10 heteroatoms. The van der Waals surface area contributed by atoms with E-state index in [2.05, 4.69) is 27.2 Å². The molecule has 1 amide bonds. The number of nitrogens with zero attached hydrogens (tertiary/aromatic N) is 4. The van der Waals surface area contributed by atoms with Crippen LogP contribution in [0.3, 0.4) is 0 Å². The number of aromatic nitrogens is 2. The molecule has 0 aliphatic carbocycles. The number of halogens is 1. The van der Waals surface area contributed by atoms with E-state index in [4.69, 9.17) is 16.7 Å². The molecule has 1 saturated heterocycles. The van der Waals surface area contributed by atoms with Crippen LogP contribution in [-0.4, -0.2) is 69.4 Å². The van der Waals surface area contributed by atoms with Crippen molar-refractivity contribution in [1.29, 1.82) is 0 Å². The Hall–Kier alpha value is -3.04. The lowest BCUT2D eigenvalue weighted by Gasteiger charge is -2.34. The summed E-state index contributed by atoms with van der Waals surface area (Å²) in [6.45, 7) is 8.60. The molecule has 30 heavy (non-hydrogen) atoms. The van der Waals surface area contributed by atoms with Gasteiger partial charge in [0.1, 0.15) is 6.54 Å². The maximum Gasteiger partial charge on any atom is 0.344 e. The number of amides is 1. The van der Waals surface area contributed by atoms with Gasteiger partial charge in [0.2, 0.25) is 0 Å². The van der Waals surface area contributed by atoms with Crippen molar-refractivity contribution in [3.63, 3.8) is 0 Å². The molecule has 2 aromatic rings. The number of carboxylic acid groups (broad SMARTS) is 1. The zero-order chi connectivity index (χ0) is 21.7. The van der Waals surface area contributed by atoms with Gasteiger partial charge >= 0.3 is 12.0 Å². The van der Waals surface area contributed by atoms with E-state index in [1.54, 1.807) is 29.3 Å². The lowest BCUT2D eigenvalue weighted by molar-refractivity contribution is -0.134. The number of rotatable bonds is 7. The van der Waals surface area contributed by atoms with Crippen molar-refractivity contribution in [1.82, 2.24) is 19.6 Å². The maximum absolute atomic E-state index is 12.7. The van der Waals surface area contributed by atoms with Crippen molar-refractivity contribution in [2.75, 3.05) is 43.4 Å². The van der Waals surface area contributed by atoms with Crippen molar-refractivity contribution in [3.05, 3.63) is 53.3 Å². The van der Waals surface area contributed by atoms with E-state index >= 15 is 0 Å². The molecule has 0 bridgehead atoms. The highest BCUT2D eigenvalue weighted by atomic mass is 35.5. The van der Waals surface area contributed by atoms with E-state index in [1.165, 1.54) is 4.68 Å². The number of hydrogen-bond donors (Lipinski definition) is 3. The number of carbonyl (C=O) groups excluding carboxylic acids is 1. The first kappa shape index (κ1) is 21.7.